The van der Waals surface area contributed by atoms with Crippen LogP contribution < -0.4 is 0 Å². The zero-order valence-electron chi connectivity index (χ0n) is 11.8. The van der Waals surface area contributed by atoms with Crippen LogP contribution >= 0.6 is 11.3 Å². The second-order valence-corrected chi connectivity index (χ2v) is 6.06. The maximum absolute atomic E-state index is 11.7. The van der Waals surface area contributed by atoms with Crippen molar-refractivity contribution in [2.75, 3.05) is 7.11 Å². The number of carbonyl (C=O) groups is 1. The first-order valence-electron chi connectivity index (χ1n) is 6.81. The number of benzene rings is 2. The molecule has 0 amide bonds. The van der Waals surface area contributed by atoms with Gasteiger partial charge in [0.05, 0.1) is 23.1 Å². The van der Waals surface area contributed by atoms with E-state index in [0.717, 1.165) is 21.5 Å². The van der Waals surface area contributed by atoms with E-state index >= 15 is 0 Å². The summed E-state index contributed by atoms with van der Waals surface area (Å²) in [5, 5.41) is 9.56. The predicted molar refractivity (Wildman–Crippen MR) is 88.3 cm³/mol. The number of aromatic amines is 1. The van der Waals surface area contributed by atoms with Gasteiger partial charge in [-0.25, -0.2) is 4.79 Å². The molecule has 0 aliphatic rings. The van der Waals surface area contributed by atoms with Gasteiger partial charge in [0.2, 0.25) is 0 Å². The summed E-state index contributed by atoms with van der Waals surface area (Å²) in [5.74, 6) is -0.342. The van der Waals surface area contributed by atoms with Gasteiger partial charge >= 0.3 is 5.97 Å². The minimum Gasteiger partial charge on any atom is -0.465 e. The number of aromatic nitrogens is 2. The van der Waals surface area contributed by atoms with Crippen molar-refractivity contribution in [2.24, 2.45) is 0 Å². The highest BCUT2D eigenvalue weighted by Gasteiger charge is 2.14. The van der Waals surface area contributed by atoms with Gasteiger partial charge in [-0.1, -0.05) is 18.2 Å². The van der Waals surface area contributed by atoms with Crippen LogP contribution in [-0.2, 0) is 4.74 Å². The maximum atomic E-state index is 11.7. The second-order valence-electron chi connectivity index (χ2n) is 4.97. The van der Waals surface area contributed by atoms with Crippen LogP contribution in [0.15, 0.2) is 48.5 Å². The smallest absolute Gasteiger partial charge is 0.337 e. The van der Waals surface area contributed by atoms with Crippen molar-refractivity contribution in [2.45, 2.75) is 0 Å². The fourth-order valence-electron chi connectivity index (χ4n) is 2.55. The van der Waals surface area contributed by atoms with Gasteiger partial charge in [0, 0.05) is 10.1 Å². The number of ether oxygens (including phenoxy) is 1. The Morgan fingerprint density at radius 2 is 2.05 bits per heavy atom. The molecule has 0 fully saturated rings. The van der Waals surface area contributed by atoms with Crippen LogP contribution in [-0.4, -0.2) is 23.3 Å². The fourth-order valence-corrected chi connectivity index (χ4v) is 3.61. The van der Waals surface area contributed by atoms with E-state index in [2.05, 4.69) is 28.4 Å². The first-order chi connectivity index (χ1) is 10.8. The molecule has 0 spiro atoms. The summed E-state index contributed by atoms with van der Waals surface area (Å²) >= 11 is 1.69. The first kappa shape index (κ1) is 13.0. The van der Waals surface area contributed by atoms with Gasteiger partial charge in [-0.05, 0) is 35.7 Å². The molecule has 4 aromatic rings. The third-order valence-corrected chi connectivity index (χ3v) is 4.77. The number of nitrogens with zero attached hydrogens (tertiary/aromatic N) is 1. The van der Waals surface area contributed by atoms with Crippen LogP contribution in [0.5, 0.6) is 0 Å². The Balaban J connectivity index is 1.92. The van der Waals surface area contributed by atoms with Gasteiger partial charge < -0.3 is 4.74 Å². The third kappa shape index (κ3) is 1.98. The molecule has 0 bridgehead atoms. The quantitative estimate of drug-likeness (QED) is 0.564. The van der Waals surface area contributed by atoms with Gasteiger partial charge in [0.25, 0.3) is 0 Å². The molecule has 4 rings (SSSR count). The minimum absolute atomic E-state index is 0.342. The Morgan fingerprint density at radius 3 is 2.86 bits per heavy atom. The molecular weight excluding hydrogens is 296 g/mol. The number of esters is 1. The highest BCUT2D eigenvalue weighted by Crippen LogP contribution is 2.36. The van der Waals surface area contributed by atoms with Crippen molar-refractivity contribution >= 4 is 38.3 Å². The van der Waals surface area contributed by atoms with Gasteiger partial charge in [-0.2, -0.15) is 5.10 Å². The van der Waals surface area contributed by atoms with Crippen LogP contribution in [0.1, 0.15) is 10.4 Å². The molecule has 4 nitrogen and oxygen atoms in total. The minimum atomic E-state index is -0.342. The number of H-pyrrole nitrogens is 1. The Labute approximate surface area is 130 Å². The van der Waals surface area contributed by atoms with E-state index in [1.54, 1.807) is 17.4 Å². The summed E-state index contributed by atoms with van der Waals surface area (Å²) < 4.78 is 6.01. The molecule has 0 saturated carbocycles. The normalized spacial score (nSPS) is 11.1. The Bertz CT molecular complexity index is 967. The van der Waals surface area contributed by atoms with Gasteiger partial charge in [-0.3, -0.25) is 5.10 Å². The number of methoxy groups -OCH3 is 1. The summed E-state index contributed by atoms with van der Waals surface area (Å²) in [6, 6.07) is 15.8. The zero-order valence-corrected chi connectivity index (χ0v) is 12.6. The van der Waals surface area contributed by atoms with Crippen molar-refractivity contribution in [1.29, 1.82) is 0 Å². The summed E-state index contributed by atoms with van der Waals surface area (Å²) in [7, 11) is 1.38. The first-order valence-corrected chi connectivity index (χ1v) is 7.63. The number of hydrogen-bond acceptors (Lipinski definition) is 4. The van der Waals surface area contributed by atoms with E-state index in [9.17, 15) is 4.79 Å². The molecule has 0 unspecified atom stereocenters. The van der Waals surface area contributed by atoms with Crippen molar-refractivity contribution in [3.8, 4) is 10.6 Å². The molecule has 22 heavy (non-hydrogen) atoms. The highest BCUT2D eigenvalue weighted by atomic mass is 32.1. The number of carbonyl (C=O) groups excluding carboxylic acids is 1. The SMILES string of the molecule is COC(=O)c1ccc2[nH]nc(-c3cc4ccccc4s3)c2c1. The highest BCUT2D eigenvalue weighted by molar-refractivity contribution is 7.22. The monoisotopic (exact) mass is 308 g/mol. The molecule has 0 saturated heterocycles. The Hall–Kier alpha value is -2.66. The molecule has 0 radical (unpaired) electrons. The molecular formula is C17H12N2O2S. The number of hydrogen-bond donors (Lipinski definition) is 1. The lowest BCUT2D eigenvalue weighted by Gasteiger charge is -1.99. The van der Waals surface area contributed by atoms with E-state index in [-0.39, 0.29) is 5.97 Å². The molecule has 0 aliphatic carbocycles. The predicted octanol–water partition coefficient (Wildman–Crippen LogP) is 4.23. The zero-order chi connectivity index (χ0) is 15.1. The van der Waals surface area contributed by atoms with Crippen LogP contribution in [0, 0.1) is 0 Å². The van der Waals surface area contributed by atoms with Crippen LogP contribution in [0.4, 0.5) is 0 Å². The number of fused-ring (bicyclic) bond motifs is 2. The third-order valence-electron chi connectivity index (χ3n) is 3.64. The van der Waals surface area contributed by atoms with Crippen molar-refractivity contribution < 1.29 is 9.53 Å². The van der Waals surface area contributed by atoms with E-state index < -0.39 is 0 Å². The lowest BCUT2D eigenvalue weighted by atomic mass is 10.1. The van der Waals surface area contributed by atoms with Crippen molar-refractivity contribution in [1.82, 2.24) is 10.2 Å². The molecule has 0 atom stereocenters. The molecule has 1 N–H and O–H groups in total. The fraction of sp³-hybridized carbons (Fsp3) is 0.0588. The number of rotatable bonds is 2. The molecule has 2 heterocycles. The van der Waals surface area contributed by atoms with E-state index in [1.165, 1.54) is 17.2 Å². The van der Waals surface area contributed by atoms with Crippen LogP contribution in [0.2, 0.25) is 0 Å². The lowest BCUT2D eigenvalue weighted by Crippen LogP contribution is -2.00. The largest absolute Gasteiger partial charge is 0.465 e. The van der Waals surface area contributed by atoms with E-state index in [0.29, 0.717) is 5.56 Å². The van der Waals surface area contributed by atoms with Gasteiger partial charge in [-0.15, -0.1) is 11.3 Å². The molecule has 2 aromatic carbocycles. The van der Waals surface area contributed by atoms with E-state index in [4.69, 9.17) is 4.74 Å². The van der Waals surface area contributed by atoms with Crippen LogP contribution in [0.3, 0.4) is 0 Å². The summed E-state index contributed by atoms with van der Waals surface area (Å²) in [4.78, 5) is 12.8. The van der Waals surface area contributed by atoms with E-state index in [1.807, 2.05) is 24.3 Å². The van der Waals surface area contributed by atoms with Gasteiger partial charge in [0.1, 0.15) is 5.69 Å². The number of nitrogens with one attached hydrogen (secondary N) is 1. The van der Waals surface area contributed by atoms with Crippen molar-refractivity contribution in [3.63, 3.8) is 0 Å². The summed E-state index contributed by atoms with van der Waals surface area (Å²) in [6.45, 7) is 0. The summed E-state index contributed by atoms with van der Waals surface area (Å²) in [6.07, 6.45) is 0. The molecule has 5 heteroatoms. The van der Waals surface area contributed by atoms with Crippen molar-refractivity contribution in [3.05, 3.63) is 54.1 Å². The lowest BCUT2D eigenvalue weighted by molar-refractivity contribution is 0.0601. The van der Waals surface area contributed by atoms with Crippen LogP contribution in [0.25, 0.3) is 31.6 Å². The molecule has 2 aromatic heterocycles. The Kier molecular flexibility index (Phi) is 2.94. The summed E-state index contributed by atoms with van der Waals surface area (Å²) in [5.41, 5.74) is 2.29. The molecule has 0 aliphatic heterocycles. The topological polar surface area (TPSA) is 55.0 Å². The maximum Gasteiger partial charge on any atom is 0.337 e. The number of thiophene rings is 1. The second kappa shape index (κ2) is 4.96. The average molecular weight is 308 g/mol. The molecule has 108 valence electrons. The average Bonchev–Trinajstić information content (AvgIpc) is 3.16. The van der Waals surface area contributed by atoms with Gasteiger partial charge in [0.15, 0.2) is 0 Å². The Morgan fingerprint density at radius 1 is 1.18 bits per heavy atom. The standard InChI is InChI=1S/C17H12N2O2S/c1-21-17(20)11-6-7-13-12(8-11)16(19-18-13)15-9-10-4-2-3-5-14(10)22-15/h2-9H,1H3,(H,18,19).